The van der Waals surface area contributed by atoms with Crippen molar-refractivity contribution in [3.8, 4) is 5.75 Å². The fraction of sp³-hybridized carbons (Fsp3) is 0.294. The molecule has 1 aliphatic rings. The van der Waals surface area contributed by atoms with Gasteiger partial charge in [0.15, 0.2) is 0 Å². The summed E-state index contributed by atoms with van der Waals surface area (Å²) < 4.78 is 25.7. The number of phenols is 1. The number of fused-ring (bicyclic) bond motifs is 2. The molecule has 0 aliphatic heterocycles. The highest BCUT2D eigenvalue weighted by molar-refractivity contribution is 7.91. The largest absolute Gasteiger partial charge is 0.507 e. The normalized spacial score (nSPS) is 14.7. The lowest BCUT2D eigenvalue weighted by molar-refractivity contribution is 0.462. The molecule has 0 amide bonds. The summed E-state index contributed by atoms with van der Waals surface area (Å²) in [6.07, 6.45) is 3.43. The number of benzene rings is 2. The van der Waals surface area contributed by atoms with Crippen LogP contribution in [0.25, 0.3) is 0 Å². The summed E-state index contributed by atoms with van der Waals surface area (Å²) in [7, 11) is -3.53. The van der Waals surface area contributed by atoms with Crippen molar-refractivity contribution in [3.05, 3.63) is 53.1 Å². The summed E-state index contributed by atoms with van der Waals surface area (Å²) >= 11 is 0. The third-order valence-corrected chi connectivity index (χ3v) is 6.08. The minimum absolute atomic E-state index is 0.289. The predicted molar refractivity (Wildman–Crippen MR) is 81.4 cm³/mol. The van der Waals surface area contributed by atoms with Crippen molar-refractivity contribution in [2.45, 2.75) is 42.4 Å². The Bertz CT molecular complexity index is 777. The summed E-state index contributed by atoms with van der Waals surface area (Å²) in [4.78, 5) is 0.633. The second-order valence-corrected chi connectivity index (χ2v) is 7.43. The van der Waals surface area contributed by atoms with Crippen molar-refractivity contribution in [1.29, 1.82) is 0 Å². The van der Waals surface area contributed by atoms with E-state index in [0.29, 0.717) is 15.4 Å². The van der Waals surface area contributed by atoms with Gasteiger partial charge in [-0.1, -0.05) is 18.2 Å². The Balaban J connectivity index is 2.25. The van der Waals surface area contributed by atoms with E-state index in [1.165, 1.54) is 0 Å². The van der Waals surface area contributed by atoms with Crippen LogP contribution in [0.4, 0.5) is 0 Å². The van der Waals surface area contributed by atoms with Crippen LogP contribution in [0.3, 0.4) is 0 Å². The molecular weight excluding hydrogens is 284 g/mol. The van der Waals surface area contributed by atoms with Gasteiger partial charge in [-0.15, -0.1) is 0 Å². The zero-order valence-electron chi connectivity index (χ0n) is 12.0. The lowest BCUT2D eigenvalue weighted by atomic mass is 10.0. The topological polar surface area (TPSA) is 54.4 Å². The molecule has 0 unspecified atom stereocenters. The maximum absolute atomic E-state index is 12.8. The second kappa shape index (κ2) is 5.19. The fourth-order valence-corrected chi connectivity index (χ4v) is 4.57. The molecule has 0 radical (unpaired) electrons. The van der Waals surface area contributed by atoms with Crippen LogP contribution in [0.2, 0.25) is 0 Å². The molecule has 0 saturated carbocycles. The monoisotopic (exact) mass is 302 g/mol. The molecule has 0 fully saturated rings. The number of phenolic OH excluding ortho intramolecular Hbond substituents is 1. The van der Waals surface area contributed by atoms with Gasteiger partial charge in [0.25, 0.3) is 0 Å². The average molecular weight is 302 g/mol. The molecule has 0 aromatic heterocycles. The molecule has 4 heteroatoms. The van der Waals surface area contributed by atoms with E-state index < -0.39 is 9.84 Å². The number of aryl methyl sites for hydroxylation is 1. The van der Waals surface area contributed by atoms with Gasteiger partial charge in [-0.05, 0) is 67.5 Å². The first-order valence-corrected chi connectivity index (χ1v) is 8.64. The smallest absolute Gasteiger partial charge is 0.206 e. The van der Waals surface area contributed by atoms with Gasteiger partial charge in [0.2, 0.25) is 9.84 Å². The van der Waals surface area contributed by atoms with E-state index in [4.69, 9.17) is 0 Å². The van der Waals surface area contributed by atoms with Crippen LogP contribution in [-0.2, 0) is 22.7 Å². The first-order valence-electron chi connectivity index (χ1n) is 7.16. The van der Waals surface area contributed by atoms with Crippen molar-refractivity contribution < 1.29 is 13.5 Å². The Morgan fingerprint density at radius 2 is 1.71 bits per heavy atom. The molecule has 3 nitrogen and oxygen atoms in total. The zero-order valence-corrected chi connectivity index (χ0v) is 12.8. The number of rotatable bonds is 2. The van der Waals surface area contributed by atoms with E-state index >= 15 is 0 Å². The first kappa shape index (κ1) is 14.1. The molecule has 0 saturated heterocycles. The minimum Gasteiger partial charge on any atom is -0.507 e. The van der Waals surface area contributed by atoms with E-state index in [1.54, 1.807) is 43.3 Å². The van der Waals surface area contributed by atoms with E-state index in [0.717, 1.165) is 36.8 Å². The lowest BCUT2D eigenvalue weighted by Crippen LogP contribution is -2.07. The van der Waals surface area contributed by atoms with Crippen LogP contribution in [0, 0.1) is 6.92 Å². The SMILES string of the molecule is Cc1c(S(=O)(=O)c2ccccc2)cc2c(O)c1CCCC2. The highest BCUT2D eigenvalue weighted by atomic mass is 32.2. The second-order valence-electron chi connectivity index (χ2n) is 5.51. The summed E-state index contributed by atoms with van der Waals surface area (Å²) in [5.74, 6) is 0.289. The maximum atomic E-state index is 12.8. The van der Waals surface area contributed by atoms with E-state index in [2.05, 4.69) is 0 Å². The third kappa shape index (κ3) is 2.33. The number of sulfone groups is 1. The molecule has 3 rings (SSSR count). The molecule has 2 aromatic rings. The summed E-state index contributed by atoms with van der Waals surface area (Å²) in [6.45, 7) is 1.79. The van der Waals surface area contributed by atoms with Gasteiger partial charge in [-0.25, -0.2) is 8.42 Å². The van der Waals surface area contributed by atoms with Crippen molar-refractivity contribution in [1.82, 2.24) is 0 Å². The van der Waals surface area contributed by atoms with Crippen LogP contribution in [0.5, 0.6) is 5.75 Å². The fourth-order valence-electron chi connectivity index (χ4n) is 2.97. The highest BCUT2D eigenvalue weighted by Gasteiger charge is 2.25. The average Bonchev–Trinajstić information content (AvgIpc) is 2.60. The lowest BCUT2D eigenvalue weighted by Gasteiger charge is -2.15. The van der Waals surface area contributed by atoms with E-state index in [-0.39, 0.29) is 5.75 Å². The summed E-state index contributed by atoms with van der Waals surface area (Å²) in [6, 6.07) is 10.1. The van der Waals surface area contributed by atoms with Gasteiger partial charge in [0.1, 0.15) is 5.75 Å². The quantitative estimate of drug-likeness (QED) is 0.925. The summed E-state index contributed by atoms with van der Waals surface area (Å²) in [5, 5.41) is 10.3. The zero-order chi connectivity index (χ0) is 15.0. The van der Waals surface area contributed by atoms with Gasteiger partial charge >= 0.3 is 0 Å². The first-order chi connectivity index (χ1) is 10.0. The van der Waals surface area contributed by atoms with Gasteiger partial charge in [-0.3, -0.25) is 0 Å². The third-order valence-electron chi connectivity index (χ3n) is 4.18. The van der Waals surface area contributed by atoms with Crippen molar-refractivity contribution in [2.24, 2.45) is 0 Å². The Labute approximate surface area is 125 Å². The van der Waals surface area contributed by atoms with E-state index in [1.807, 2.05) is 0 Å². The Morgan fingerprint density at radius 1 is 1.05 bits per heavy atom. The van der Waals surface area contributed by atoms with Gasteiger partial charge in [0, 0.05) is 0 Å². The van der Waals surface area contributed by atoms with Gasteiger partial charge in [-0.2, -0.15) is 0 Å². The van der Waals surface area contributed by atoms with Crippen molar-refractivity contribution >= 4 is 9.84 Å². The molecule has 110 valence electrons. The number of hydrogen-bond acceptors (Lipinski definition) is 3. The molecule has 2 bridgehead atoms. The van der Waals surface area contributed by atoms with Crippen molar-refractivity contribution in [2.75, 3.05) is 0 Å². The number of aromatic hydroxyl groups is 1. The molecule has 21 heavy (non-hydrogen) atoms. The predicted octanol–water partition coefficient (Wildman–Crippen LogP) is 3.41. The molecule has 1 aliphatic carbocycles. The minimum atomic E-state index is -3.53. The molecule has 0 atom stereocenters. The maximum Gasteiger partial charge on any atom is 0.206 e. The van der Waals surface area contributed by atoms with Crippen LogP contribution in [0.1, 0.15) is 29.5 Å². The standard InChI is InChI=1S/C17H18O3S/c1-12-15-10-6-5-7-13(17(15)18)11-16(12)21(19,20)14-8-3-2-4-9-14/h2-4,8-9,11,18H,5-7,10H2,1H3. The molecular formula is C17H18O3S. The van der Waals surface area contributed by atoms with E-state index in [9.17, 15) is 13.5 Å². The van der Waals surface area contributed by atoms with Crippen LogP contribution in [-0.4, -0.2) is 13.5 Å². The summed E-state index contributed by atoms with van der Waals surface area (Å²) in [5.41, 5.74) is 2.23. The van der Waals surface area contributed by atoms with Gasteiger partial charge in [0.05, 0.1) is 9.79 Å². The Morgan fingerprint density at radius 3 is 2.43 bits per heavy atom. The van der Waals surface area contributed by atoms with Gasteiger partial charge < -0.3 is 5.11 Å². The Hall–Kier alpha value is -1.81. The Kier molecular flexibility index (Phi) is 3.49. The molecule has 0 heterocycles. The van der Waals surface area contributed by atoms with Crippen LogP contribution in [0.15, 0.2) is 46.2 Å². The molecule has 1 N–H and O–H groups in total. The van der Waals surface area contributed by atoms with Crippen molar-refractivity contribution in [3.63, 3.8) is 0 Å². The number of hydrogen-bond donors (Lipinski definition) is 1. The van der Waals surface area contributed by atoms with Crippen LogP contribution < -0.4 is 0 Å². The molecule has 0 spiro atoms. The highest BCUT2D eigenvalue weighted by Crippen LogP contribution is 2.37. The van der Waals surface area contributed by atoms with Crippen LogP contribution >= 0.6 is 0 Å². The molecule has 2 aromatic carbocycles.